The first-order valence-corrected chi connectivity index (χ1v) is 8.26. The Balaban J connectivity index is 1.85. The summed E-state index contributed by atoms with van der Waals surface area (Å²) in [5.74, 6) is -1.57. The molecule has 2 aromatic carbocycles. The van der Waals surface area contributed by atoms with E-state index >= 15 is 0 Å². The number of amides is 1. The van der Waals surface area contributed by atoms with E-state index in [9.17, 15) is 19.8 Å². The monoisotopic (exact) mass is 356 g/mol. The molecule has 1 aliphatic carbocycles. The highest BCUT2D eigenvalue weighted by molar-refractivity contribution is 5.92. The van der Waals surface area contributed by atoms with E-state index in [0.29, 0.717) is 27.9 Å². The lowest BCUT2D eigenvalue weighted by atomic mass is 9.81. The summed E-state index contributed by atoms with van der Waals surface area (Å²) < 4.78 is 0. The van der Waals surface area contributed by atoms with Crippen LogP contribution in [0.5, 0.6) is 0 Å². The smallest absolute Gasteiger partial charge is 0.320 e. The van der Waals surface area contributed by atoms with Gasteiger partial charge in [-0.15, -0.1) is 0 Å². The van der Waals surface area contributed by atoms with Crippen molar-refractivity contribution in [2.24, 2.45) is 5.73 Å². The average molecular weight is 356 g/mol. The maximum Gasteiger partial charge on any atom is 0.320 e. The fraction of sp³-hybridized carbons (Fsp3) is 0.263. The minimum Gasteiger partial charge on any atom is -0.480 e. The Morgan fingerprint density at radius 2 is 1.62 bits per heavy atom. The average Bonchev–Trinajstić information content (AvgIpc) is 2.64. The number of aliphatic carboxylic acids is 1. The Morgan fingerprint density at radius 3 is 2.27 bits per heavy atom. The lowest BCUT2D eigenvalue weighted by Gasteiger charge is -2.30. The third-order valence-electron chi connectivity index (χ3n) is 4.57. The summed E-state index contributed by atoms with van der Waals surface area (Å²) in [6, 6.07) is 11.0. The van der Waals surface area contributed by atoms with Gasteiger partial charge in [-0.25, -0.2) is 0 Å². The molecule has 0 saturated heterocycles. The topological polar surface area (TPSA) is 133 Å². The van der Waals surface area contributed by atoms with Gasteiger partial charge in [0.2, 0.25) is 5.91 Å². The van der Waals surface area contributed by atoms with Crippen LogP contribution in [0.2, 0.25) is 0 Å². The van der Waals surface area contributed by atoms with Crippen LogP contribution < -0.4 is 11.1 Å². The maximum atomic E-state index is 12.2. The second kappa shape index (κ2) is 7.25. The van der Waals surface area contributed by atoms with Gasteiger partial charge in [-0.3, -0.25) is 9.59 Å². The number of carbonyl (C=O) groups is 2. The number of nitrogens with one attached hydrogen (secondary N) is 1. The van der Waals surface area contributed by atoms with Gasteiger partial charge in [0.15, 0.2) is 0 Å². The molecular formula is C19H20N2O5. The number of carboxylic acid groups (broad SMARTS) is 1. The molecule has 7 nitrogen and oxygen atoms in total. The minimum atomic E-state index is -1.16. The van der Waals surface area contributed by atoms with Gasteiger partial charge >= 0.3 is 5.97 Å². The molecule has 0 aromatic heterocycles. The van der Waals surface area contributed by atoms with Gasteiger partial charge in [0.05, 0.1) is 0 Å². The van der Waals surface area contributed by atoms with Gasteiger partial charge in [0, 0.05) is 17.7 Å². The third kappa shape index (κ3) is 3.32. The normalized spacial score (nSPS) is 19.2. The molecule has 1 amide bonds. The number of carboxylic acids is 1. The molecule has 3 atom stereocenters. The summed E-state index contributed by atoms with van der Waals surface area (Å²) in [7, 11) is 0. The van der Waals surface area contributed by atoms with E-state index in [-0.39, 0.29) is 12.8 Å². The highest BCUT2D eigenvalue weighted by Gasteiger charge is 2.32. The highest BCUT2D eigenvalue weighted by atomic mass is 16.4. The predicted molar refractivity (Wildman–Crippen MR) is 94.5 cm³/mol. The van der Waals surface area contributed by atoms with E-state index in [1.54, 1.807) is 42.5 Å². The number of aliphatic hydroxyl groups excluding tert-OH is 2. The number of anilines is 1. The second-order valence-corrected chi connectivity index (χ2v) is 6.27. The minimum absolute atomic E-state index is 0.00417. The Labute approximate surface area is 150 Å². The van der Waals surface area contributed by atoms with Crippen LogP contribution in [-0.4, -0.2) is 33.2 Å². The second-order valence-electron chi connectivity index (χ2n) is 6.27. The van der Waals surface area contributed by atoms with Crippen molar-refractivity contribution in [3.8, 4) is 0 Å². The van der Waals surface area contributed by atoms with Crippen molar-refractivity contribution in [1.29, 1.82) is 0 Å². The fourth-order valence-corrected chi connectivity index (χ4v) is 3.19. The molecule has 0 aliphatic heterocycles. The van der Waals surface area contributed by atoms with E-state index in [1.165, 1.54) is 0 Å². The molecule has 136 valence electrons. The Morgan fingerprint density at radius 1 is 1.00 bits per heavy atom. The highest BCUT2D eigenvalue weighted by Crippen LogP contribution is 2.43. The van der Waals surface area contributed by atoms with Crippen LogP contribution in [0, 0.1) is 0 Å². The molecule has 2 aromatic rings. The number of benzene rings is 2. The van der Waals surface area contributed by atoms with Crippen molar-refractivity contribution < 1.29 is 24.9 Å². The van der Waals surface area contributed by atoms with Crippen molar-refractivity contribution in [2.45, 2.75) is 31.1 Å². The first kappa shape index (κ1) is 18.1. The number of fused-ring (bicyclic) bond motifs is 2. The van der Waals surface area contributed by atoms with Crippen molar-refractivity contribution in [1.82, 2.24) is 0 Å². The van der Waals surface area contributed by atoms with Crippen molar-refractivity contribution in [3.63, 3.8) is 0 Å². The van der Waals surface area contributed by atoms with Crippen molar-refractivity contribution in [2.75, 3.05) is 5.32 Å². The van der Waals surface area contributed by atoms with Gasteiger partial charge in [-0.05, 0) is 29.2 Å². The first-order chi connectivity index (χ1) is 12.4. The SMILES string of the molecule is NC(CCC(=O)Nc1cccc2c1C(O)c1ccccc1C2O)C(=O)O. The summed E-state index contributed by atoms with van der Waals surface area (Å²) in [6.07, 6.45) is -1.94. The summed E-state index contributed by atoms with van der Waals surface area (Å²) in [4.78, 5) is 22.9. The standard InChI is InChI=1S/C19H20N2O5/c20-13(19(25)26)8-9-15(22)21-14-7-3-6-12-16(14)18(24)11-5-2-1-4-10(11)17(12)23/h1-7,13,17-18,23-24H,8-9,20H2,(H,21,22)(H,25,26). The molecule has 7 heteroatoms. The lowest BCUT2D eigenvalue weighted by Crippen LogP contribution is -2.31. The zero-order valence-electron chi connectivity index (χ0n) is 13.9. The molecule has 0 spiro atoms. The molecule has 26 heavy (non-hydrogen) atoms. The molecule has 0 bridgehead atoms. The number of aliphatic hydroxyl groups is 2. The molecule has 6 N–H and O–H groups in total. The summed E-state index contributed by atoms with van der Waals surface area (Å²) in [5.41, 5.74) is 7.97. The van der Waals surface area contributed by atoms with Gasteiger partial charge in [-0.1, -0.05) is 36.4 Å². The van der Waals surface area contributed by atoms with Crippen LogP contribution in [0.25, 0.3) is 0 Å². The largest absolute Gasteiger partial charge is 0.480 e. The third-order valence-corrected chi connectivity index (χ3v) is 4.57. The van der Waals surface area contributed by atoms with Gasteiger partial charge in [0.25, 0.3) is 0 Å². The van der Waals surface area contributed by atoms with Crippen LogP contribution in [0.4, 0.5) is 5.69 Å². The Kier molecular flexibility index (Phi) is 5.03. The first-order valence-electron chi connectivity index (χ1n) is 8.26. The van der Waals surface area contributed by atoms with Gasteiger partial charge in [0.1, 0.15) is 18.2 Å². The molecule has 0 saturated carbocycles. The molecule has 0 heterocycles. The summed E-state index contributed by atoms with van der Waals surface area (Å²) in [6.45, 7) is 0. The predicted octanol–water partition coefficient (Wildman–Crippen LogP) is 1.29. The summed E-state index contributed by atoms with van der Waals surface area (Å²) >= 11 is 0. The van der Waals surface area contributed by atoms with E-state index in [0.717, 1.165) is 0 Å². The molecule has 0 radical (unpaired) electrons. The molecule has 0 fully saturated rings. The van der Waals surface area contributed by atoms with Crippen LogP contribution in [-0.2, 0) is 9.59 Å². The van der Waals surface area contributed by atoms with Crippen molar-refractivity contribution >= 4 is 17.6 Å². The van der Waals surface area contributed by atoms with Crippen LogP contribution in [0.15, 0.2) is 42.5 Å². The zero-order valence-corrected chi connectivity index (χ0v) is 13.9. The van der Waals surface area contributed by atoms with Crippen LogP contribution in [0.3, 0.4) is 0 Å². The molecule has 3 unspecified atom stereocenters. The van der Waals surface area contributed by atoms with E-state index < -0.39 is 30.1 Å². The van der Waals surface area contributed by atoms with Crippen LogP contribution >= 0.6 is 0 Å². The van der Waals surface area contributed by atoms with Gasteiger partial charge in [-0.2, -0.15) is 0 Å². The number of hydrogen-bond acceptors (Lipinski definition) is 5. The maximum absolute atomic E-state index is 12.2. The quantitative estimate of drug-likeness (QED) is 0.548. The summed E-state index contributed by atoms with van der Waals surface area (Å²) in [5, 5.41) is 32.8. The van der Waals surface area contributed by atoms with E-state index in [1.807, 2.05) is 0 Å². The van der Waals surface area contributed by atoms with Gasteiger partial charge < -0.3 is 26.4 Å². The Bertz CT molecular complexity index is 852. The molecule has 3 rings (SSSR count). The zero-order chi connectivity index (χ0) is 18.8. The van der Waals surface area contributed by atoms with Crippen LogP contribution in [0.1, 0.15) is 47.3 Å². The van der Waals surface area contributed by atoms with Crippen molar-refractivity contribution in [3.05, 3.63) is 64.7 Å². The number of nitrogens with two attached hydrogens (primary N) is 1. The number of carbonyl (C=O) groups excluding carboxylic acids is 1. The lowest BCUT2D eigenvalue weighted by molar-refractivity contribution is -0.138. The Hall–Kier alpha value is -2.74. The number of rotatable bonds is 5. The van der Waals surface area contributed by atoms with E-state index in [2.05, 4.69) is 5.32 Å². The molecular weight excluding hydrogens is 336 g/mol. The molecule has 1 aliphatic rings. The number of hydrogen-bond donors (Lipinski definition) is 5. The van der Waals surface area contributed by atoms with E-state index in [4.69, 9.17) is 10.8 Å². The fourth-order valence-electron chi connectivity index (χ4n) is 3.19.